The van der Waals surface area contributed by atoms with E-state index in [1.54, 1.807) is 0 Å². The molecule has 1 aromatic rings. The molecule has 0 spiro atoms. The molecule has 0 aliphatic heterocycles. The molecule has 3 N–H and O–H groups in total. The Balaban J connectivity index is 1.87. The van der Waals surface area contributed by atoms with E-state index >= 15 is 0 Å². The molecule has 4 heteroatoms. The Kier molecular flexibility index (Phi) is 5.23. The summed E-state index contributed by atoms with van der Waals surface area (Å²) in [6.07, 6.45) is 5.30. The molecule has 0 heterocycles. The van der Waals surface area contributed by atoms with Crippen LogP contribution in [0.1, 0.15) is 37.7 Å². The minimum absolute atomic E-state index is 0.00715. The number of nitrogens with two attached hydrogens (primary N) is 1. The number of benzene rings is 1. The van der Waals surface area contributed by atoms with Gasteiger partial charge in [0.1, 0.15) is 0 Å². The lowest BCUT2D eigenvalue weighted by Gasteiger charge is -2.20. The number of halogens is 1. The van der Waals surface area contributed by atoms with Gasteiger partial charge in [0, 0.05) is 17.6 Å². The molecule has 2 unspecified atom stereocenters. The Morgan fingerprint density at radius 3 is 2.63 bits per heavy atom. The summed E-state index contributed by atoms with van der Waals surface area (Å²) in [6, 6.07) is 7.53. The largest absolute Gasteiger partial charge is 0.352 e. The van der Waals surface area contributed by atoms with Crippen LogP contribution in [-0.4, -0.2) is 11.9 Å². The SMILES string of the molecule is NC1CCCCCC1C(=O)NCc1ccc(Cl)cc1. The van der Waals surface area contributed by atoms with E-state index in [4.69, 9.17) is 17.3 Å². The Morgan fingerprint density at radius 1 is 1.21 bits per heavy atom. The van der Waals surface area contributed by atoms with E-state index in [1.807, 2.05) is 24.3 Å². The van der Waals surface area contributed by atoms with Crippen molar-refractivity contribution in [2.75, 3.05) is 0 Å². The quantitative estimate of drug-likeness (QED) is 0.837. The summed E-state index contributed by atoms with van der Waals surface area (Å²) in [6.45, 7) is 0.541. The van der Waals surface area contributed by atoms with E-state index in [0.29, 0.717) is 11.6 Å². The Morgan fingerprint density at radius 2 is 1.89 bits per heavy atom. The zero-order valence-corrected chi connectivity index (χ0v) is 11.8. The fraction of sp³-hybridized carbons (Fsp3) is 0.533. The zero-order chi connectivity index (χ0) is 13.7. The summed E-state index contributed by atoms with van der Waals surface area (Å²) in [5.74, 6) is 0.0548. The molecule has 0 bridgehead atoms. The highest BCUT2D eigenvalue weighted by atomic mass is 35.5. The summed E-state index contributed by atoms with van der Waals surface area (Å²) in [4.78, 5) is 12.2. The average Bonchev–Trinajstić information content (AvgIpc) is 2.62. The molecule has 19 heavy (non-hydrogen) atoms. The molecule has 104 valence electrons. The highest BCUT2D eigenvalue weighted by Crippen LogP contribution is 2.22. The van der Waals surface area contributed by atoms with Crippen LogP contribution in [0.4, 0.5) is 0 Å². The first kappa shape index (κ1) is 14.4. The predicted octanol–water partition coefficient (Wildman–Crippen LogP) is 2.86. The first-order valence-electron chi connectivity index (χ1n) is 6.94. The smallest absolute Gasteiger partial charge is 0.224 e. The third-order valence-electron chi connectivity index (χ3n) is 3.79. The summed E-state index contributed by atoms with van der Waals surface area (Å²) in [7, 11) is 0. The third-order valence-corrected chi connectivity index (χ3v) is 4.04. The second-order valence-electron chi connectivity index (χ2n) is 5.25. The van der Waals surface area contributed by atoms with Crippen molar-refractivity contribution in [3.05, 3.63) is 34.9 Å². The molecule has 2 atom stereocenters. The van der Waals surface area contributed by atoms with Gasteiger partial charge in [-0.1, -0.05) is 43.0 Å². The van der Waals surface area contributed by atoms with Crippen molar-refractivity contribution in [2.24, 2.45) is 11.7 Å². The van der Waals surface area contributed by atoms with Gasteiger partial charge in [0.2, 0.25) is 5.91 Å². The van der Waals surface area contributed by atoms with Gasteiger partial charge in [-0.15, -0.1) is 0 Å². The molecule has 3 nitrogen and oxygen atoms in total. The van der Waals surface area contributed by atoms with Crippen molar-refractivity contribution < 1.29 is 4.79 Å². The Labute approximate surface area is 119 Å². The van der Waals surface area contributed by atoms with E-state index in [2.05, 4.69) is 5.32 Å². The number of nitrogens with one attached hydrogen (secondary N) is 1. The summed E-state index contributed by atoms with van der Waals surface area (Å²) < 4.78 is 0. The van der Waals surface area contributed by atoms with Crippen molar-refractivity contribution in [1.82, 2.24) is 5.32 Å². The number of amides is 1. The van der Waals surface area contributed by atoms with Gasteiger partial charge in [0.25, 0.3) is 0 Å². The Hall–Kier alpha value is -1.06. The minimum atomic E-state index is -0.0326. The van der Waals surface area contributed by atoms with Crippen LogP contribution in [0, 0.1) is 5.92 Å². The van der Waals surface area contributed by atoms with Crippen LogP contribution < -0.4 is 11.1 Å². The number of carbonyl (C=O) groups excluding carboxylic acids is 1. The lowest BCUT2D eigenvalue weighted by atomic mass is 9.94. The van der Waals surface area contributed by atoms with E-state index in [9.17, 15) is 4.79 Å². The fourth-order valence-electron chi connectivity index (χ4n) is 2.58. The monoisotopic (exact) mass is 280 g/mol. The lowest BCUT2D eigenvalue weighted by molar-refractivity contribution is -0.126. The van der Waals surface area contributed by atoms with Crippen molar-refractivity contribution >= 4 is 17.5 Å². The predicted molar refractivity (Wildman–Crippen MR) is 77.8 cm³/mol. The molecule has 0 radical (unpaired) electrons. The minimum Gasteiger partial charge on any atom is -0.352 e. The first-order chi connectivity index (χ1) is 9.16. The highest BCUT2D eigenvalue weighted by molar-refractivity contribution is 6.30. The van der Waals surface area contributed by atoms with Gasteiger partial charge in [-0.3, -0.25) is 4.79 Å². The van der Waals surface area contributed by atoms with Crippen LogP contribution >= 0.6 is 11.6 Å². The van der Waals surface area contributed by atoms with E-state index in [1.165, 1.54) is 6.42 Å². The van der Waals surface area contributed by atoms with Gasteiger partial charge in [-0.25, -0.2) is 0 Å². The molecule has 1 aliphatic rings. The lowest BCUT2D eigenvalue weighted by Crippen LogP contribution is -2.41. The number of rotatable bonds is 3. The van der Waals surface area contributed by atoms with E-state index in [0.717, 1.165) is 31.2 Å². The normalized spacial score (nSPS) is 23.7. The van der Waals surface area contributed by atoms with Gasteiger partial charge >= 0.3 is 0 Å². The van der Waals surface area contributed by atoms with Crippen LogP contribution in [0.5, 0.6) is 0 Å². The molecule has 1 fully saturated rings. The van der Waals surface area contributed by atoms with Crippen molar-refractivity contribution in [1.29, 1.82) is 0 Å². The topological polar surface area (TPSA) is 55.1 Å². The van der Waals surface area contributed by atoms with Crippen LogP contribution in [-0.2, 0) is 11.3 Å². The zero-order valence-electron chi connectivity index (χ0n) is 11.1. The second kappa shape index (κ2) is 6.92. The fourth-order valence-corrected chi connectivity index (χ4v) is 2.71. The van der Waals surface area contributed by atoms with Crippen molar-refractivity contribution in [3.63, 3.8) is 0 Å². The summed E-state index contributed by atoms with van der Waals surface area (Å²) in [5, 5.41) is 3.69. The number of hydrogen-bond acceptors (Lipinski definition) is 2. The average molecular weight is 281 g/mol. The Bertz CT molecular complexity index is 419. The molecule has 0 saturated heterocycles. The van der Waals surface area contributed by atoms with Gasteiger partial charge < -0.3 is 11.1 Å². The van der Waals surface area contributed by atoms with E-state index in [-0.39, 0.29) is 17.9 Å². The van der Waals surface area contributed by atoms with Crippen LogP contribution in [0.3, 0.4) is 0 Å². The molecule has 1 saturated carbocycles. The van der Waals surface area contributed by atoms with Crippen LogP contribution in [0.2, 0.25) is 5.02 Å². The molecule has 0 aromatic heterocycles. The first-order valence-corrected chi connectivity index (χ1v) is 7.32. The van der Waals surface area contributed by atoms with Gasteiger partial charge in [-0.2, -0.15) is 0 Å². The number of carbonyl (C=O) groups is 1. The molecule has 1 aliphatic carbocycles. The van der Waals surface area contributed by atoms with Gasteiger partial charge in [0.05, 0.1) is 5.92 Å². The van der Waals surface area contributed by atoms with Crippen molar-refractivity contribution in [3.8, 4) is 0 Å². The summed E-state index contributed by atoms with van der Waals surface area (Å²) in [5.41, 5.74) is 7.15. The molecule has 1 aromatic carbocycles. The molecular weight excluding hydrogens is 260 g/mol. The van der Waals surface area contributed by atoms with Crippen LogP contribution in [0.15, 0.2) is 24.3 Å². The third kappa shape index (κ3) is 4.22. The van der Waals surface area contributed by atoms with E-state index < -0.39 is 0 Å². The second-order valence-corrected chi connectivity index (χ2v) is 5.69. The maximum absolute atomic E-state index is 12.2. The highest BCUT2D eigenvalue weighted by Gasteiger charge is 2.26. The summed E-state index contributed by atoms with van der Waals surface area (Å²) >= 11 is 5.83. The van der Waals surface area contributed by atoms with Gasteiger partial charge in [-0.05, 0) is 30.5 Å². The maximum atomic E-state index is 12.2. The van der Waals surface area contributed by atoms with Gasteiger partial charge in [0.15, 0.2) is 0 Å². The maximum Gasteiger partial charge on any atom is 0.224 e. The number of hydrogen-bond donors (Lipinski definition) is 2. The van der Waals surface area contributed by atoms with Crippen molar-refractivity contribution in [2.45, 2.75) is 44.7 Å². The molecule has 2 rings (SSSR count). The molecular formula is C15H21ClN2O. The van der Waals surface area contributed by atoms with Crippen LogP contribution in [0.25, 0.3) is 0 Å². The molecule has 1 amide bonds. The standard InChI is InChI=1S/C15H21ClN2O/c16-12-8-6-11(7-9-12)10-18-15(19)13-4-2-1-3-5-14(13)17/h6-9,13-14H,1-5,10,17H2,(H,18,19).